The summed E-state index contributed by atoms with van der Waals surface area (Å²) in [5.74, 6) is 0. The quantitative estimate of drug-likeness (QED) is 0.599. The van der Waals surface area contributed by atoms with Gasteiger partial charge in [-0.2, -0.15) is 0 Å². The molecular formula is C24H25NO7. The van der Waals surface area contributed by atoms with E-state index in [1.54, 1.807) is 6.07 Å². The molecule has 0 spiro atoms. The summed E-state index contributed by atoms with van der Waals surface area (Å²) in [6, 6.07) is 15.9. The Kier molecular flexibility index (Phi) is 5.71. The molecule has 32 heavy (non-hydrogen) atoms. The number of hydrogen-bond donors (Lipinski definition) is 2. The molecule has 0 radical (unpaired) electrons. The normalized spacial score (nSPS) is 30.1. The average Bonchev–Trinajstić information content (AvgIpc) is 2.80. The SMILES string of the molecule is CO[C@H]1OC2COC(c3ccccc3)OC2C(O)C1Nc1ccc2c(C)cc(=O)oc2c1. The Hall–Kier alpha value is -2.75. The van der Waals surface area contributed by atoms with Crippen molar-refractivity contribution in [2.24, 2.45) is 0 Å². The first-order valence-corrected chi connectivity index (χ1v) is 10.5. The van der Waals surface area contributed by atoms with Crippen molar-refractivity contribution in [3.63, 3.8) is 0 Å². The van der Waals surface area contributed by atoms with E-state index < -0.39 is 42.6 Å². The summed E-state index contributed by atoms with van der Waals surface area (Å²) >= 11 is 0. The lowest BCUT2D eigenvalue weighted by molar-refractivity contribution is -0.337. The number of anilines is 1. The van der Waals surface area contributed by atoms with Crippen LogP contribution in [0.25, 0.3) is 11.0 Å². The molecule has 0 saturated carbocycles. The van der Waals surface area contributed by atoms with Gasteiger partial charge in [0.2, 0.25) is 0 Å². The fourth-order valence-electron chi connectivity index (χ4n) is 4.33. The molecule has 3 aromatic rings. The highest BCUT2D eigenvalue weighted by Crippen LogP contribution is 2.35. The molecule has 2 aliphatic rings. The van der Waals surface area contributed by atoms with E-state index in [2.05, 4.69) is 5.32 Å². The van der Waals surface area contributed by atoms with Crippen molar-refractivity contribution in [2.45, 2.75) is 43.9 Å². The lowest BCUT2D eigenvalue weighted by Gasteiger charge is -2.47. The Bertz CT molecular complexity index is 1150. The smallest absolute Gasteiger partial charge is 0.336 e. The molecule has 8 heteroatoms. The predicted octanol–water partition coefficient (Wildman–Crippen LogP) is 2.73. The zero-order chi connectivity index (χ0) is 22.2. The Labute approximate surface area is 184 Å². The zero-order valence-corrected chi connectivity index (χ0v) is 17.8. The van der Waals surface area contributed by atoms with E-state index >= 15 is 0 Å². The van der Waals surface area contributed by atoms with Crippen molar-refractivity contribution in [2.75, 3.05) is 19.0 Å². The lowest BCUT2D eigenvalue weighted by Crippen LogP contribution is -2.64. The number of aryl methyl sites for hydroxylation is 1. The number of nitrogens with one attached hydrogen (secondary N) is 1. The van der Waals surface area contributed by atoms with Crippen LogP contribution in [0.4, 0.5) is 5.69 Å². The molecule has 0 bridgehead atoms. The van der Waals surface area contributed by atoms with Gasteiger partial charge in [-0.3, -0.25) is 0 Å². The number of hydrogen-bond acceptors (Lipinski definition) is 8. The van der Waals surface area contributed by atoms with E-state index in [1.165, 1.54) is 13.2 Å². The third kappa shape index (κ3) is 3.92. The summed E-state index contributed by atoms with van der Waals surface area (Å²) in [5, 5.41) is 15.3. The molecule has 2 fully saturated rings. The molecule has 5 unspecified atom stereocenters. The standard InChI is InChI=1S/C24H25NO7/c1-13-10-19(26)30-17-11-15(8-9-16(13)17)25-20-21(27)22-18(31-24(20)28-2)12-29-23(32-22)14-6-4-3-5-7-14/h3-11,18,20-25,27H,12H2,1-2H3/t18?,20?,21?,22?,23?,24-/m0/s1. The molecule has 2 saturated heterocycles. The molecule has 1 aromatic heterocycles. The van der Waals surface area contributed by atoms with Gasteiger partial charge in [0, 0.05) is 35.9 Å². The minimum atomic E-state index is -0.936. The van der Waals surface area contributed by atoms with Gasteiger partial charge in [-0.05, 0) is 24.6 Å². The van der Waals surface area contributed by atoms with Gasteiger partial charge in [0.1, 0.15) is 29.9 Å². The number of aliphatic hydroxyl groups is 1. The van der Waals surface area contributed by atoms with Crippen molar-refractivity contribution in [3.8, 4) is 0 Å². The van der Waals surface area contributed by atoms with Crippen LogP contribution in [0, 0.1) is 6.92 Å². The van der Waals surface area contributed by atoms with Crippen molar-refractivity contribution in [1.29, 1.82) is 0 Å². The van der Waals surface area contributed by atoms with Gasteiger partial charge in [-0.25, -0.2) is 4.79 Å². The highest BCUT2D eigenvalue weighted by Gasteiger charge is 2.49. The molecule has 0 amide bonds. The topological polar surface area (TPSA) is 99.4 Å². The minimum absolute atomic E-state index is 0.272. The van der Waals surface area contributed by atoms with E-state index in [1.807, 2.05) is 49.4 Å². The van der Waals surface area contributed by atoms with E-state index in [0.29, 0.717) is 11.3 Å². The first-order valence-electron chi connectivity index (χ1n) is 10.5. The second-order valence-corrected chi connectivity index (χ2v) is 8.08. The van der Waals surface area contributed by atoms with Crippen LogP contribution in [0.1, 0.15) is 17.4 Å². The third-order valence-corrected chi connectivity index (χ3v) is 5.95. The Morgan fingerprint density at radius 2 is 1.91 bits per heavy atom. The van der Waals surface area contributed by atoms with Crippen molar-refractivity contribution < 1.29 is 28.5 Å². The Balaban J connectivity index is 1.39. The van der Waals surface area contributed by atoms with Crippen molar-refractivity contribution in [3.05, 3.63) is 76.1 Å². The van der Waals surface area contributed by atoms with Gasteiger partial charge in [0.25, 0.3) is 0 Å². The van der Waals surface area contributed by atoms with Gasteiger partial charge in [0.15, 0.2) is 12.6 Å². The van der Waals surface area contributed by atoms with Gasteiger partial charge >= 0.3 is 5.63 Å². The molecule has 8 nitrogen and oxygen atoms in total. The molecule has 2 aromatic carbocycles. The summed E-state index contributed by atoms with van der Waals surface area (Å²) in [6.45, 7) is 2.13. The monoisotopic (exact) mass is 439 g/mol. The van der Waals surface area contributed by atoms with E-state index in [0.717, 1.165) is 16.5 Å². The summed E-state index contributed by atoms with van der Waals surface area (Å²) in [5.41, 5.74) is 2.42. The van der Waals surface area contributed by atoms with Crippen LogP contribution < -0.4 is 10.9 Å². The van der Waals surface area contributed by atoms with Crippen LogP contribution in [0.15, 0.2) is 63.8 Å². The van der Waals surface area contributed by atoms with E-state index in [-0.39, 0.29) is 6.61 Å². The molecule has 5 rings (SSSR count). The average molecular weight is 439 g/mol. The van der Waals surface area contributed by atoms with Crippen LogP contribution in [0.5, 0.6) is 0 Å². The highest BCUT2D eigenvalue weighted by molar-refractivity contribution is 5.83. The minimum Gasteiger partial charge on any atom is -0.423 e. The maximum absolute atomic E-state index is 11.8. The van der Waals surface area contributed by atoms with Gasteiger partial charge in [0.05, 0.1) is 6.61 Å². The summed E-state index contributed by atoms with van der Waals surface area (Å²) < 4.78 is 28.8. The van der Waals surface area contributed by atoms with Crippen LogP contribution in [0.2, 0.25) is 0 Å². The first-order chi connectivity index (χ1) is 15.5. The lowest BCUT2D eigenvalue weighted by atomic mass is 9.95. The number of fused-ring (bicyclic) bond motifs is 2. The van der Waals surface area contributed by atoms with Gasteiger partial charge < -0.3 is 33.8 Å². The maximum atomic E-state index is 11.8. The molecule has 6 atom stereocenters. The number of benzene rings is 2. The fourth-order valence-corrected chi connectivity index (χ4v) is 4.33. The second-order valence-electron chi connectivity index (χ2n) is 8.08. The number of ether oxygens (including phenoxy) is 4. The predicted molar refractivity (Wildman–Crippen MR) is 116 cm³/mol. The Morgan fingerprint density at radius 1 is 1.09 bits per heavy atom. The zero-order valence-electron chi connectivity index (χ0n) is 17.8. The molecule has 2 aliphatic heterocycles. The fraction of sp³-hybridized carbons (Fsp3) is 0.375. The number of rotatable bonds is 4. The Morgan fingerprint density at radius 3 is 2.69 bits per heavy atom. The summed E-state index contributed by atoms with van der Waals surface area (Å²) in [4.78, 5) is 11.8. The number of methoxy groups -OCH3 is 1. The maximum Gasteiger partial charge on any atom is 0.336 e. The number of aliphatic hydroxyl groups excluding tert-OH is 1. The molecule has 0 aliphatic carbocycles. The highest BCUT2D eigenvalue weighted by atomic mass is 16.7. The van der Waals surface area contributed by atoms with E-state index in [9.17, 15) is 9.90 Å². The molecular weight excluding hydrogens is 414 g/mol. The van der Waals surface area contributed by atoms with Crippen LogP contribution in [0.3, 0.4) is 0 Å². The molecule has 168 valence electrons. The molecule has 2 N–H and O–H groups in total. The summed E-state index contributed by atoms with van der Waals surface area (Å²) in [7, 11) is 1.52. The third-order valence-electron chi connectivity index (χ3n) is 5.95. The largest absolute Gasteiger partial charge is 0.423 e. The van der Waals surface area contributed by atoms with Crippen LogP contribution >= 0.6 is 0 Å². The summed E-state index contributed by atoms with van der Waals surface area (Å²) in [6.07, 6.45) is -3.34. The first kappa shape index (κ1) is 21.1. The van der Waals surface area contributed by atoms with Crippen molar-refractivity contribution >= 4 is 16.7 Å². The van der Waals surface area contributed by atoms with E-state index in [4.69, 9.17) is 23.4 Å². The van der Waals surface area contributed by atoms with Crippen LogP contribution in [-0.2, 0) is 18.9 Å². The second kappa shape index (κ2) is 8.65. The van der Waals surface area contributed by atoms with Crippen LogP contribution in [-0.4, -0.2) is 49.5 Å². The van der Waals surface area contributed by atoms with Gasteiger partial charge in [-0.1, -0.05) is 30.3 Å². The van der Waals surface area contributed by atoms with Crippen molar-refractivity contribution in [1.82, 2.24) is 0 Å². The molecule has 3 heterocycles. The van der Waals surface area contributed by atoms with Gasteiger partial charge in [-0.15, -0.1) is 0 Å².